The summed E-state index contributed by atoms with van der Waals surface area (Å²) in [6, 6.07) is 12.4. The van der Waals surface area contributed by atoms with Gasteiger partial charge in [0, 0.05) is 16.1 Å². The van der Waals surface area contributed by atoms with Crippen molar-refractivity contribution >= 4 is 34.1 Å². The maximum Gasteiger partial charge on any atom is 0.246 e. The zero-order chi connectivity index (χ0) is 17.6. The largest absolute Gasteiger partial charge is 0.330 e. The highest BCUT2D eigenvalue weighted by molar-refractivity contribution is 6.30. The number of nitrogens with zero attached hydrogens (tertiary/aromatic N) is 1. The van der Waals surface area contributed by atoms with Crippen molar-refractivity contribution in [1.29, 1.82) is 0 Å². The molecule has 0 fully saturated rings. The van der Waals surface area contributed by atoms with Crippen molar-refractivity contribution in [2.24, 2.45) is 5.73 Å². The van der Waals surface area contributed by atoms with Gasteiger partial charge in [0.2, 0.25) is 5.91 Å². The number of carbonyl (C=O) groups excluding carboxylic acids is 1. The minimum absolute atomic E-state index is 0.151. The average molecular weight is 358 g/mol. The smallest absolute Gasteiger partial charge is 0.246 e. The summed E-state index contributed by atoms with van der Waals surface area (Å²) in [5.41, 5.74) is 8.00. The van der Waals surface area contributed by atoms with Gasteiger partial charge >= 0.3 is 0 Å². The van der Waals surface area contributed by atoms with Crippen LogP contribution in [0.2, 0.25) is 5.02 Å². The number of rotatable bonds is 7. The second kappa shape index (κ2) is 8.11. The Labute approximate surface area is 150 Å². The topological polar surface area (TPSA) is 95.8 Å². The van der Waals surface area contributed by atoms with E-state index in [2.05, 4.69) is 20.8 Å². The van der Waals surface area contributed by atoms with E-state index in [1.807, 2.05) is 30.3 Å². The van der Waals surface area contributed by atoms with Crippen LogP contribution in [0.25, 0.3) is 10.9 Å². The summed E-state index contributed by atoms with van der Waals surface area (Å²) in [4.78, 5) is 12.8. The number of H-pyrrole nitrogens is 1. The van der Waals surface area contributed by atoms with Crippen LogP contribution in [0.5, 0.6) is 0 Å². The van der Waals surface area contributed by atoms with Crippen LogP contribution in [0.3, 0.4) is 0 Å². The molecule has 6 nitrogen and oxygen atoms in total. The molecule has 5 N–H and O–H groups in total. The normalized spacial score (nSPS) is 12.2. The van der Waals surface area contributed by atoms with Crippen LogP contribution in [-0.4, -0.2) is 29.2 Å². The molecule has 25 heavy (non-hydrogen) atoms. The first-order chi connectivity index (χ1) is 12.2. The average Bonchev–Trinajstić information content (AvgIpc) is 3.06. The van der Waals surface area contributed by atoms with E-state index < -0.39 is 6.04 Å². The predicted molar refractivity (Wildman–Crippen MR) is 101 cm³/mol. The van der Waals surface area contributed by atoms with Gasteiger partial charge in [-0.15, -0.1) is 0 Å². The third-order valence-corrected chi connectivity index (χ3v) is 4.12. The molecule has 130 valence electrons. The third-order valence-electron chi connectivity index (χ3n) is 3.88. The molecule has 0 spiro atoms. The number of fused-ring (bicyclic) bond motifs is 1. The monoisotopic (exact) mass is 357 g/mol. The first-order valence-electron chi connectivity index (χ1n) is 8.10. The molecule has 1 heterocycles. The summed E-state index contributed by atoms with van der Waals surface area (Å²) in [7, 11) is 0. The van der Waals surface area contributed by atoms with Crippen LogP contribution in [-0.2, 0) is 4.79 Å². The van der Waals surface area contributed by atoms with Crippen LogP contribution in [0.15, 0.2) is 48.7 Å². The molecule has 1 unspecified atom stereocenters. The summed E-state index contributed by atoms with van der Waals surface area (Å²) < 4.78 is 0. The molecule has 1 aromatic heterocycles. The van der Waals surface area contributed by atoms with Gasteiger partial charge < -0.3 is 16.4 Å². The first-order valence-corrected chi connectivity index (χ1v) is 8.48. The van der Waals surface area contributed by atoms with Gasteiger partial charge in [0.05, 0.1) is 11.7 Å². The maximum absolute atomic E-state index is 12.8. The first kappa shape index (κ1) is 17.4. The summed E-state index contributed by atoms with van der Waals surface area (Å²) in [5, 5.41) is 14.6. The van der Waals surface area contributed by atoms with Gasteiger partial charge in [0.25, 0.3) is 0 Å². The Morgan fingerprint density at radius 3 is 2.96 bits per heavy atom. The van der Waals surface area contributed by atoms with Gasteiger partial charge in [-0.05, 0) is 55.4 Å². The highest BCUT2D eigenvalue weighted by Gasteiger charge is 2.20. The lowest BCUT2D eigenvalue weighted by Gasteiger charge is -2.19. The number of carbonyl (C=O) groups is 1. The van der Waals surface area contributed by atoms with E-state index in [4.69, 9.17) is 17.3 Å². The highest BCUT2D eigenvalue weighted by Crippen LogP contribution is 2.21. The van der Waals surface area contributed by atoms with Crippen LogP contribution in [0.4, 0.5) is 5.69 Å². The number of amides is 1. The number of aromatic nitrogens is 2. The minimum Gasteiger partial charge on any atom is -0.330 e. The number of hydrogen-bond donors (Lipinski definition) is 4. The van der Waals surface area contributed by atoms with Crippen molar-refractivity contribution in [1.82, 2.24) is 15.5 Å². The second-order valence-electron chi connectivity index (χ2n) is 5.75. The zero-order valence-corrected chi connectivity index (χ0v) is 14.4. The number of anilines is 1. The molecular weight excluding hydrogens is 338 g/mol. The zero-order valence-electron chi connectivity index (χ0n) is 13.6. The Morgan fingerprint density at radius 1 is 1.28 bits per heavy atom. The number of hydrogen-bond acceptors (Lipinski definition) is 4. The molecule has 0 bridgehead atoms. The van der Waals surface area contributed by atoms with Crippen molar-refractivity contribution in [2.45, 2.75) is 12.5 Å². The number of aromatic amines is 1. The van der Waals surface area contributed by atoms with E-state index in [1.165, 1.54) is 0 Å². The predicted octanol–water partition coefficient (Wildman–Crippen LogP) is 2.83. The SMILES string of the molecule is NCCCNC(C(=O)Nc1ccc2[nH]ncc2c1)c1cccc(Cl)c1. The Morgan fingerprint density at radius 2 is 2.16 bits per heavy atom. The van der Waals surface area contributed by atoms with Crippen molar-refractivity contribution in [3.05, 3.63) is 59.2 Å². The van der Waals surface area contributed by atoms with E-state index in [0.29, 0.717) is 23.8 Å². The van der Waals surface area contributed by atoms with Gasteiger partial charge in [-0.2, -0.15) is 5.10 Å². The van der Waals surface area contributed by atoms with E-state index in [9.17, 15) is 4.79 Å². The van der Waals surface area contributed by atoms with Crippen LogP contribution < -0.4 is 16.4 Å². The number of nitrogens with two attached hydrogens (primary N) is 1. The van der Waals surface area contributed by atoms with Crippen molar-refractivity contribution in [2.75, 3.05) is 18.4 Å². The molecule has 2 aromatic carbocycles. The van der Waals surface area contributed by atoms with Gasteiger partial charge in [-0.25, -0.2) is 0 Å². The molecule has 7 heteroatoms. The van der Waals surface area contributed by atoms with Crippen LogP contribution >= 0.6 is 11.6 Å². The lowest BCUT2D eigenvalue weighted by atomic mass is 10.1. The van der Waals surface area contributed by atoms with Gasteiger partial charge in [-0.3, -0.25) is 9.89 Å². The van der Waals surface area contributed by atoms with E-state index in [0.717, 1.165) is 22.9 Å². The Hall–Kier alpha value is -2.41. The second-order valence-corrected chi connectivity index (χ2v) is 6.18. The van der Waals surface area contributed by atoms with Crippen molar-refractivity contribution in [3.63, 3.8) is 0 Å². The van der Waals surface area contributed by atoms with E-state index in [-0.39, 0.29) is 5.91 Å². The quantitative estimate of drug-likeness (QED) is 0.489. The minimum atomic E-state index is -0.509. The molecule has 0 saturated carbocycles. The van der Waals surface area contributed by atoms with Gasteiger partial charge in [0.1, 0.15) is 6.04 Å². The molecule has 3 rings (SSSR count). The van der Waals surface area contributed by atoms with Gasteiger partial charge in [-0.1, -0.05) is 23.7 Å². The number of nitrogens with one attached hydrogen (secondary N) is 3. The molecule has 1 atom stereocenters. The summed E-state index contributed by atoms with van der Waals surface area (Å²) >= 11 is 6.08. The summed E-state index contributed by atoms with van der Waals surface area (Å²) in [5.74, 6) is -0.151. The number of benzene rings is 2. The van der Waals surface area contributed by atoms with Crippen LogP contribution in [0.1, 0.15) is 18.0 Å². The molecule has 1 amide bonds. The molecule has 0 aliphatic heterocycles. The van der Waals surface area contributed by atoms with E-state index in [1.54, 1.807) is 18.3 Å². The fourth-order valence-corrected chi connectivity index (χ4v) is 2.83. The van der Waals surface area contributed by atoms with Crippen molar-refractivity contribution in [3.8, 4) is 0 Å². The molecule has 3 aromatic rings. The molecule has 0 aliphatic rings. The van der Waals surface area contributed by atoms with E-state index >= 15 is 0 Å². The molecule has 0 saturated heterocycles. The molecular formula is C18H20ClN5O. The number of halogens is 1. The standard InChI is InChI=1S/C18H20ClN5O/c19-14-4-1-3-12(9-14)17(21-8-2-7-20)18(25)23-15-5-6-16-13(10-15)11-22-24-16/h1,3-6,9-11,17,21H,2,7-8,20H2,(H,22,24)(H,23,25). The highest BCUT2D eigenvalue weighted by atomic mass is 35.5. The van der Waals surface area contributed by atoms with Gasteiger partial charge in [0.15, 0.2) is 0 Å². The molecule has 0 aliphatic carbocycles. The fourth-order valence-electron chi connectivity index (χ4n) is 2.63. The Bertz CT molecular complexity index is 863. The lowest BCUT2D eigenvalue weighted by molar-refractivity contribution is -0.118. The van der Waals surface area contributed by atoms with Crippen LogP contribution in [0, 0.1) is 0 Å². The Balaban J connectivity index is 1.79. The third kappa shape index (κ3) is 4.36. The molecule has 0 radical (unpaired) electrons. The van der Waals surface area contributed by atoms with Crippen molar-refractivity contribution < 1.29 is 4.79 Å². The maximum atomic E-state index is 12.8. The Kier molecular flexibility index (Phi) is 5.65. The fraction of sp³-hybridized carbons (Fsp3) is 0.222. The summed E-state index contributed by atoms with van der Waals surface area (Å²) in [6.45, 7) is 1.20. The lowest BCUT2D eigenvalue weighted by Crippen LogP contribution is -2.34. The summed E-state index contributed by atoms with van der Waals surface area (Å²) in [6.07, 6.45) is 2.50.